The van der Waals surface area contributed by atoms with Crippen LogP contribution in [0.15, 0.2) is 60.8 Å². The van der Waals surface area contributed by atoms with E-state index < -0.39 is 5.82 Å². The summed E-state index contributed by atoms with van der Waals surface area (Å²) in [5, 5.41) is 4.07. The summed E-state index contributed by atoms with van der Waals surface area (Å²) in [6.07, 6.45) is 1.52. The first-order valence-electron chi connectivity index (χ1n) is 10.5. The van der Waals surface area contributed by atoms with Gasteiger partial charge in [0.25, 0.3) is 0 Å². The third kappa shape index (κ3) is 4.86. The minimum absolute atomic E-state index is 0.0401. The summed E-state index contributed by atoms with van der Waals surface area (Å²) in [4.78, 5) is 28.2. The number of amides is 1. The zero-order valence-electron chi connectivity index (χ0n) is 18.1. The van der Waals surface area contributed by atoms with Crippen molar-refractivity contribution in [1.29, 1.82) is 0 Å². The Bertz CT molecular complexity index is 1120. The fraction of sp³-hybridized carbons (Fsp3) is 0.292. The first-order chi connectivity index (χ1) is 15.4. The second-order valence-electron chi connectivity index (χ2n) is 7.94. The number of hydrogen-bond acceptors (Lipinski definition) is 5. The maximum Gasteiger partial charge on any atom is 0.344 e. The zero-order chi connectivity index (χ0) is 22.7. The molecule has 3 aromatic rings. The molecule has 1 aliphatic rings. The van der Waals surface area contributed by atoms with Crippen LogP contribution in [0.25, 0.3) is 0 Å². The second-order valence-corrected chi connectivity index (χ2v) is 7.94. The van der Waals surface area contributed by atoms with E-state index in [2.05, 4.69) is 10.00 Å². The van der Waals surface area contributed by atoms with Crippen LogP contribution in [-0.2, 0) is 6.54 Å². The maximum atomic E-state index is 14.2. The van der Waals surface area contributed by atoms with Gasteiger partial charge in [0.1, 0.15) is 11.4 Å². The summed E-state index contributed by atoms with van der Waals surface area (Å²) in [5.74, 6) is 0.182. The van der Waals surface area contributed by atoms with Gasteiger partial charge in [-0.15, -0.1) is 0 Å². The van der Waals surface area contributed by atoms with Crippen molar-refractivity contribution in [1.82, 2.24) is 19.6 Å². The number of benzene rings is 2. The molecule has 1 aliphatic heterocycles. The third-order valence-corrected chi connectivity index (χ3v) is 5.48. The molecule has 32 heavy (non-hydrogen) atoms. The monoisotopic (exact) mass is 436 g/mol. The van der Waals surface area contributed by atoms with Crippen molar-refractivity contribution in [2.45, 2.75) is 26.4 Å². The van der Waals surface area contributed by atoms with Gasteiger partial charge in [0, 0.05) is 45.3 Å². The standard InChI is InChI=1S/C24H25FN4O3/c1-17-15-27(12-13-28(17)24(31)29-11-10-22(26-29)18(2)30)16-19-8-9-21(25)23(14-19)32-20-6-4-3-5-7-20/h3-11,14,17H,12-13,15-16H2,1-2H3/t17-/m0/s1. The Balaban J connectivity index is 1.39. The molecule has 0 spiro atoms. The minimum atomic E-state index is -0.412. The molecule has 0 saturated carbocycles. The van der Waals surface area contributed by atoms with Gasteiger partial charge in [-0.1, -0.05) is 24.3 Å². The molecule has 1 fully saturated rings. The number of ether oxygens (including phenoxy) is 1. The van der Waals surface area contributed by atoms with Crippen LogP contribution in [0.1, 0.15) is 29.9 Å². The fourth-order valence-corrected chi connectivity index (χ4v) is 3.81. The molecule has 0 N–H and O–H groups in total. The molecule has 0 radical (unpaired) electrons. The quantitative estimate of drug-likeness (QED) is 0.561. The minimum Gasteiger partial charge on any atom is -0.454 e. The highest BCUT2D eigenvalue weighted by Crippen LogP contribution is 2.26. The highest BCUT2D eigenvalue weighted by Gasteiger charge is 2.29. The molecule has 1 saturated heterocycles. The van der Waals surface area contributed by atoms with Gasteiger partial charge in [-0.3, -0.25) is 9.69 Å². The highest BCUT2D eigenvalue weighted by molar-refractivity contribution is 5.92. The molecule has 1 atom stereocenters. The Kier molecular flexibility index (Phi) is 6.32. The van der Waals surface area contributed by atoms with Crippen LogP contribution in [0, 0.1) is 5.82 Å². The highest BCUT2D eigenvalue weighted by atomic mass is 19.1. The van der Waals surface area contributed by atoms with Gasteiger partial charge in [-0.2, -0.15) is 9.78 Å². The van der Waals surface area contributed by atoms with E-state index in [4.69, 9.17) is 4.74 Å². The predicted octanol–water partition coefficient (Wildman–Crippen LogP) is 4.19. The number of hydrogen-bond donors (Lipinski definition) is 0. The Hall–Kier alpha value is -3.52. The van der Waals surface area contributed by atoms with Crippen molar-refractivity contribution in [3.05, 3.63) is 77.9 Å². The van der Waals surface area contributed by atoms with Crippen molar-refractivity contribution >= 4 is 11.8 Å². The third-order valence-electron chi connectivity index (χ3n) is 5.48. The summed E-state index contributed by atoms with van der Waals surface area (Å²) in [6.45, 7) is 5.89. The van der Waals surface area contributed by atoms with Crippen molar-refractivity contribution in [2.24, 2.45) is 0 Å². The summed E-state index contributed by atoms with van der Waals surface area (Å²) in [5.41, 5.74) is 1.21. The van der Waals surface area contributed by atoms with E-state index in [1.165, 1.54) is 23.9 Å². The van der Waals surface area contributed by atoms with Crippen molar-refractivity contribution in [3.63, 3.8) is 0 Å². The van der Waals surface area contributed by atoms with Gasteiger partial charge >= 0.3 is 6.03 Å². The van der Waals surface area contributed by atoms with Gasteiger partial charge < -0.3 is 9.64 Å². The number of rotatable bonds is 5. The number of carbonyl (C=O) groups excluding carboxylic acids is 2. The molecule has 0 bridgehead atoms. The Morgan fingerprint density at radius 2 is 1.91 bits per heavy atom. The largest absolute Gasteiger partial charge is 0.454 e. The smallest absolute Gasteiger partial charge is 0.344 e. The zero-order valence-corrected chi connectivity index (χ0v) is 18.1. The van der Waals surface area contributed by atoms with Crippen molar-refractivity contribution in [2.75, 3.05) is 19.6 Å². The molecule has 8 heteroatoms. The Morgan fingerprint density at radius 3 is 2.59 bits per heavy atom. The average Bonchev–Trinajstić information content (AvgIpc) is 3.27. The maximum absolute atomic E-state index is 14.2. The molecule has 4 rings (SSSR count). The number of nitrogens with zero attached hydrogens (tertiary/aromatic N) is 4. The van der Waals surface area contributed by atoms with E-state index in [9.17, 15) is 14.0 Å². The van der Waals surface area contributed by atoms with Gasteiger partial charge in [0.05, 0.1) is 0 Å². The predicted molar refractivity (Wildman–Crippen MR) is 117 cm³/mol. The lowest BCUT2D eigenvalue weighted by Gasteiger charge is -2.39. The SMILES string of the molecule is CC(=O)c1ccn(C(=O)N2CCN(Cc3ccc(F)c(Oc4ccccc4)c3)C[C@@H]2C)n1. The molecule has 7 nitrogen and oxygen atoms in total. The number of ketones is 1. The number of carbonyl (C=O) groups is 2. The van der Waals surface area contributed by atoms with Crippen LogP contribution in [0.4, 0.5) is 9.18 Å². The lowest BCUT2D eigenvalue weighted by molar-refractivity contribution is 0.0964. The van der Waals surface area contributed by atoms with E-state index in [-0.39, 0.29) is 29.3 Å². The van der Waals surface area contributed by atoms with E-state index in [0.717, 1.165) is 5.56 Å². The summed E-state index contributed by atoms with van der Waals surface area (Å²) in [6, 6.07) is 15.3. The van der Waals surface area contributed by atoms with Gasteiger partial charge in [0.2, 0.25) is 0 Å². The topological polar surface area (TPSA) is 67.7 Å². The van der Waals surface area contributed by atoms with E-state index in [0.29, 0.717) is 31.9 Å². The van der Waals surface area contributed by atoms with Crippen LogP contribution < -0.4 is 4.74 Å². The number of halogens is 1. The normalized spacial score (nSPS) is 16.7. The summed E-state index contributed by atoms with van der Waals surface area (Å²) in [7, 11) is 0. The van der Waals surface area contributed by atoms with Crippen molar-refractivity contribution < 1.29 is 18.7 Å². The molecule has 2 aromatic carbocycles. The Morgan fingerprint density at radius 1 is 1.12 bits per heavy atom. The summed E-state index contributed by atoms with van der Waals surface area (Å²) >= 11 is 0. The van der Waals surface area contributed by atoms with E-state index in [1.807, 2.05) is 25.1 Å². The molecular weight excluding hydrogens is 411 g/mol. The number of aromatic nitrogens is 2. The van der Waals surface area contributed by atoms with Gasteiger partial charge in [-0.05, 0) is 42.8 Å². The van der Waals surface area contributed by atoms with Crippen LogP contribution in [-0.4, -0.2) is 57.1 Å². The second kappa shape index (κ2) is 9.32. The van der Waals surface area contributed by atoms with Crippen LogP contribution in [0.5, 0.6) is 11.5 Å². The van der Waals surface area contributed by atoms with E-state index in [1.54, 1.807) is 35.2 Å². The van der Waals surface area contributed by atoms with Gasteiger partial charge in [-0.25, -0.2) is 9.18 Å². The first kappa shape index (κ1) is 21.7. The lowest BCUT2D eigenvalue weighted by atomic mass is 10.1. The molecule has 0 unspecified atom stereocenters. The summed E-state index contributed by atoms with van der Waals surface area (Å²) < 4.78 is 21.2. The van der Waals surface area contributed by atoms with Crippen LogP contribution in [0.3, 0.4) is 0 Å². The molecular formula is C24H25FN4O3. The Labute approximate surface area is 186 Å². The van der Waals surface area contributed by atoms with Crippen LogP contribution in [0.2, 0.25) is 0 Å². The molecule has 166 valence electrons. The first-order valence-corrected chi connectivity index (χ1v) is 10.5. The molecule has 2 heterocycles. The lowest BCUT2D eigenvalue weighted by Crippen LogP contribution is -2.54. The van der Waals surface area contributed by atoms with E-state index >= 15 is 0 Å². The number of Topliss-reactive ketones (excluding diaryl/α,β-unsaturated/α-hetero) is 1. The number of piperazine rings is 1. The molecule has 0 aliphatic carbocycles. The van der Waals surface area contributed by atoms with Crippen LogP contribution >= 0.6 is 0 Å². The molecule has 1 amide bonds. The van der Waals surface area contributed by atoms with Gasteiger partial charge in [0.15, 0.2) is 17.3 Å². The molecule has 1 aromatic heterocycles. The average molecular weight is 436 g/mol. The number of para-hydroxylation sites is 1. The fourth-order valence-electron chi connectivity index (χ4n) is 3.81. The van der Waals surface area contributed by atoms with Crippen molar-refractivity contribution in [3.8, 4) is 11.5 Å².